The van der Waals surface area contributed by atoms with Crippen LogP contribution in [0.15, 0.2) is 54.9 Å². The van der Waals surface area contributed by atoms with E-state index in [9.17, 15) is 0 Å². The molecule has 2 heterocycles. The van der Waals surface area contributed by atoms with Crippen LogP contribution in [0.2, 0.25) is 0 Å². The van der Waals surface area contributed by atoms with Gasteiger partial charge in [-0.1, -0.05) is 12.1 Å². The van der Waals surface area contributed by atoms with E-state index in [0.717, 1.165) is 22.4 Å². The second kappa shape index (κ2) is 8.24. The second-order valence-corrected chi connectivity index (χ2v) is 6.54. The molecule has 0 amide bonds. The number of hydrogen-bond acceptors (Lipinski definition) is 7. The van der Waals surface area contributed by atoms with Crippen LogP contribution in [-0.2, 0) is 0 Å². The maximum atomic E-state index is 6.20. The molecule has 30 heavy (non-hydrogen) atoms. The number of nitrogens with two attached hydrogens (primary N) is 1. The average molecular weight is 402 g/mol. The smallest absolute Gasteiger partial charge is 0.165 e. The van der Waals surface area contributed by atoms with Gasteiger partial charge in [0, 0.05) is 11.6 Å². The SMILES string of the molecule is CCOc1ccc(-c2cc(-c3ccc(OC)cc3OC)nc3ncnc(N)c23)cc1. The molecule has 2 aromatic carbocycles. The molecule has 0 atom stereocenters. The number of methoxy groups -OCH3 is 2. The molecule has 0 saturated carbocycles. The van der Waals surface area contributed by atoms with Gasteiger partial charge in [0.05, 0.1) is 31.9 Å². The lowest BCUT2D eigenvalue weighted by atomic mass is 9.99. The van der Waals surface area contributed by atoms with Crippen molar-refractivity contribution in [3.63, 3.8) is 0 Å². The molecule has 0 aliphatic carbocycles. The summed E-state index contributed by atoms with van der Waals surface area (Å²) in [4.78, 5) is 13.2. The number of anilines is 1. The normalized spacial score (nSPS) is 10.8. The van der Waals surface area contributed by atoms with Gasteiger partial charge < -0.3 is 19.9 Å². The number of aromatic nitrogens is 3. The first-order chi connectivity index (χ1) is 14.6. The molecule has 0 spiro atoms. The number of pyridine rings is 1. The predicted octanol–water partition coefficient (Wildman–Crippen LogP) is 4.36. The van der Waals surface area contributed by atoms with Crippen LogP contribution in [0.4, 0.5) is 5.82 Å². The van der Waals surface area contributed by atoms with E-state index in [1.165, 1.54) is 6.33 Å². The highest BCUT2D eigenvalue weighted by Crippen LogP contribution is 2.38. The third kappa shape index (κ3) is 3.57. The summed E-state index contributed by atoms with van der Waals surface area (Å²) in [7, 11) is 3.24. The zero-order valence-corrected chi connectivity index (χ0v) is 17.0. The third-order valence-electron chi connectivity index (χ3n) is 4.79. The lowest BCUT2D eigenvalue weighted by Crippen LogP contribution is -1.99. The maximum Gasteiger partial charge on any atom is 0.165 e. The van der Waals surface area contributed by atoms with Crippen molar-refractivity contribution in [3.05, 3.63) is 54.9 Å². The van der Waals surface area contributed by atoms with Gasteiger partial charge in [0.15, 0.2) is 5.65 Å². The van der Waals surface area contributed by atoms with Gasteiger partial charge in [0.25, 0.3) is 0 Å². The minimum Gasteiger partial charge on any atom is -0.497 e. The number of nitrogen functional groups attached to an aromatic ring is 1. The van der Waals surface area contributed by atoms with Crippen LogP contribution in [0.1, 0.15) is 6.92 Å². The van der Waals surface area contributed by atoms with Gasteiger partial charge in [0.1, 0.15) is 29.4 Å². The molecule has 0 fully saturated rings. The van der Waals surface area contributed by atoms with Gasteiger partial charge in [-0.2, -0.15) is 0 Å². The fourth-order valence-corrected chi connectivity index (χ4v) is 3.36. The Morgan fingerprint density at radius 2 is 1.63 bits per heavy atom. The summed E-state index contributed by atoms with van der Waals surface area (Å²) >= 11 is 0. The van der Waals surface area contributed by atoms with Crippen LogP contribution >= 0.6 is 0 Å². The second-order valence-electron chi connectivity index (χ2n) is 6.54. The molecule has 0 bridgehead atoms. The lowest BCUT2D eigenvalue weighted by molar-refractivity contribution is 0.340. The van der Waals surface area contributed by atoms with E-state index in [-0.39, 0.29) is 0 Å². The monoisotopic (exact) mass is 402 g/mol. The first kappa shape index (κ1) is 19.4. The summed E-state index contributed by atoms with van der Waals surface area (Å²) in [5, 5.41) is 0.706. The van der Waals surface area contributed by atoms with Crippen molar-refractivity contribution in [1.29, 1.82) is 0 Å². The summed E-state index contributed by atoms with van der Waals surface area (Å²) < 4.78 is 16.4. The van der Waals surface area contributed by atoms with E-state index < -0.39 is 0 Å². The molecule has 0 radical (unpaired) electrons. The molecule has 2 aromatic heterocycles. The molecule has 4 aromatic rings. The quantitative estimate of drug-likeness (QED) is 0.512. The third-order valence-corrected chi connectivity index (χ3v) is 4.79. The highest BCUT2D eigenvalue weighted by atomic mass is 16.5. The fourth-order valence-electron chi connectivity index (χ4n) is 3.36. The summed E-state index contributed by atoms with van der Waals surface area (Å²) in [5.74, 6) is 2.54. The van der Waals surface area contributed by atoms with E-state index in [4.69, 9.17) is 24.9 Å². The number of hydrogen-bond donors (Lipinski definition) is 1. The predicted molar refractivity (Wildman–Crippen MR) is 117 cm³/mol. The zero-order chi connectivity index (χ0) is 21.1. The summed E-state index contributed by atoms with van der Waals surface area (Å²) in [6.45, 7) is 2.57. The Morgan fingerprint density at radius 3 is 2.33 bits per heavy atom. The van der Waals surface area contributed by atoms with Crippen molar-refractivity contribution in [2.24, 2.45) is 0 Å². The van der Waals surface area contributed by atoms with Crippen LogP contribution in [0.5, 0.6) is 17.2 Å². The molecule has 0 unspecified atom stereocenters. The maximum absolute atomic E-state index is 6.20. The standard InChI is InChI=1S/C23H22N4O3/c1-4-30-15-7-5-14(6-8-15)18-12-19(27-23-21(18)22(24)25-13-26-23)17-10-9-16(28-2)11-20(17)29-3/h5-13H,4H2,1-3H3,(H2,24,25,26,27). The summed E-state index contributed by atoms with van der Waals surface area (Å²) in [6.07, 6.45) is 1.42. The van der Waals surface area contributed by atoms with Crippen molar-refractivity contribution in [2.75, 3.05) is 26.6 Å². The molecule has 0 aliphatic rings. The number of rotatable bonds is 6. The Labute approximate surface area is 174 Å². The molecule has 0 saturated heterocycles. The van der Waals surface area contributed by atoms with Crippen molar-refractivity contribution in [1.82, 2.24) is 15.0 Å². The van der Waals surface area contributed by atoms with Gasteiger partial charge in [0.2, 0.25) is 0 Å². The zero-order valence-electron chi connectivity index (χ0n) is 17.0. The van der Waals surface area contributed by atoms with Crippen molar-refractivity contribution in [3.8, 4) is 39.6 Å². The molecule has 7 heteroatoms. The molecule has 7 nitrogen and oxygen atoms in total. The van der Waals surface area contributed by atoms with Crippen molar-refractivity contribution < 1.29 is 14.2 Å². The van der Waals surface area contributed by atoms with Gasteiger partial charge in [-0.3, -0.25) is 0 Å². The van der Waals surface area contributed by atoms with E-state index >= 15 is 0 Å². The van der Waals surface area contributed by atoms with E-state index in [0.29, 0.717) is 40.7 Å². The number of fused-ring (bicyclic) bond motifs is 1. The highest BCUT2D eigenvalue weighted by molar-refractivity contribution is 6.01. The van der Waals surface area contributed by atoms with Crippen LogP contribution < -0.4 is 19.9 Å². The van der Waals surface area contributed by atoms with Crippen molar-refractivity contribution in [2.45, 2.75) is 6.92 Å². The van der Waals surface area contributed by atoms with Crippen molar-refractivity contribution >= 4 is 16.9 Å². The number of benzene rings is 2. The molecule has 2 N–H and O–H groups in total. The van der Waals surface area contributed by atoms with Crippen LogP contribution in [0.3, 0.4) is 0 Å². The molecule has 4 rings (SSSR count). The minimum absolute atomic E-state index is 0.379. The molecular formula is C23H22N4O3. The Kier molecular flexibility index (Phi) is 5.34. The summed E-state index contributed by atoms with van der Waals surface area (Å²) in [5.41, 5.74) is 10.1. The Morgan fingerprint density at radius 1 is 0.867 bits per heavy atom. The largest absolute Gasteiger partial charge is 0.497 e. The van der Waals surface area contributed by atoms with Gasteiger partial charge in [-0.15, -0.1) is 0 Å². The van der Waals surface area contributed by atoms with Crippen LogP contribution in [0.25, 0.3) is 33.4 Å². The average Bonchev–Trinajstić information content (AvgIpc) is 2.79. The lowest BCUT2D eigenvalue weighted by Gasteiger charge is -2.14. The Balaban J connectivity index is 1.94. The number of nitrogens with zero attached hydrogens (tertiary/aromatic N) is 3. The van der Waals surface area contributed by atoms with E-state index in [2.05, 4.69) is 9.97 Å². The summed E-state index contributed by atoms with van der Waals surface area (Å²) in [6, 6.07) is 15.4. The van der Waals surface area contributed by atoms with Gasteiger partial charge >= 0.3 is 0 Å². The van der Waals surface area contributed by atoms with E-state index in [1.54, 1.807) is 14.2 Å². The number of ether oxygens (including phenoxy) is 3. The first-order valence-electron chi connectivity index (χ1n) is 9.51. The minimum atomic E-state index is 0.379. The Hall–Kier alpha value is -3.87. The van der Waals surface area contributed by atoms with Gasteiger partial charge in [-0.25, -0.2) is 15.0 Å². The Bertz CT molecular complexity index is 1190. The topological polar surface area (TPSA) is 92.4 Å². The molecular weight excluding hydrogens is 380 g/mol. The molecule has 152 valence electrons. The van der Waals surface area contributed by atoms with Gasteiger partial charge in [-0.05, 0) is 48.4 Å². The van der Waals surface area contributed by atoms with E-state index in [1.807, 2.05) is 55.5 Å². The fraction of sp³-hybridized carbons (Fsp3) is 0.174. The van der Waals surface area contributed by atoms with Crippen LogP contribution in [-0.4, -0.2) is 35.8 Å². The first-order valence-corrected chi connectivity index (χ1v) is 9.51. The van der Waals surface area contributed by atoms with Crippen LogP contribution in [0, 0.1) is 0 Å². The molecule has 0 aliphatic heterocycles. The highest BCUT2D eigenvalue weighted by Gasteiger charge is 2.16.